The van der Waals surface area contributed by atoms with E-state index in [-0.39, 0.29) is 12.1 Å². The lowest BCUT2D eigenvalue weighted by Gasteiger charge is -2.29. The number of hydrogen-bond acceptors (Lipinski definition) is 6. The SMILES string of the molecule is COc1ccc(C(C)C)cc1BCN(Cc1cc(CF)cc(C(F)(F)F)c1)c1ncc(N2CCOCC2)cn1. The van der Waals surface area contributed by atoms with Crippen molar-refractivity contribution in [3.63, 3.8) is 0 Å². The predicted octanol–water partition coefficient (Wildman–Crippen LogP) is 4.66. The molecule has 6 nitrogen and oxygen atoms in total. The molecule has 1 aliphatic heterocycles. The van der Waals surface area contributed by atoms with Gasteiger partial charge < -0.3 is 19.3 Å². The number of morpholine rings is 1. The van der Waals surface area contributed by atoms with Gasteiger partial charge in [0.25, 0.3) is 0 Å². The second-order valence-corrected chi connectivity index (χ2v) is 9.91. The van der Waals surface area contributed by atoms with Crippen LogP contribution >= 0.6 is 0 Å². The molecule has 2 aromatic carbocycles. The molecule has 0 saturated carbocycles. The van der Waals surface area contributed by atoms with Gasteiger partial charge in [-0.1, -0.05) is 32.0 Å². The van der Waals surface area contributed by atoms with Crippen molar-refractivity contribution in [1.29, 1.82) is 0 Å². The van der Waals surface area contributed by atoms with Crippen molar-refractivity contribution in [2.24, 2.45) is 0 Å². The number of rotatable bonds is 10. The first-order valence-electron chi connectivity index (χ1n) is 13.0. The van der Waals surface area contributed by atoms with Crippen LogP contribution in [0.5, 0.6) is 5.75 Å². The van der Waals surface area contributed by atoms with Crippen LogP contribution in [0.2, 0.25) is 0 Å². The molecule has 0 aliphatic carbocycles. The molecule has 11 heteroatoms. The molecular formula is C28H33BF4N4O2. The second kappa shape index (κ2) is 12.7. The van der Waals surface area contributed by atoms with Gasteiger partial charge >= 0.3 is 6.18 Å². The molecule has 0 bridgehead atoms. The van der Waals surface area contributed by atoms with Crippen LogP contribution in [0.3, 0.4) is 0 Å². The maximum atomic E-state index is 13.5. The first-order chi connectivity index (χ1) is 18.7. The van der Waals surface area contributed by atoms with E-state index in [0.717, 1.165) is 47.7 Å². The third-order valence-corrected chi connectivity index (χ3v) is 6.81. The Morgan fingerprint density at radius 2 is 1.74 bits per heavy atom. The average molecular weight is 544 g/mol. The highest BCUT2D eigenvalue weighted by atomic mass is 19.4. The number of methoxy groups -OCH3 is 1. The van der Waals surface area contributed by atoms with Crippen LogP contribution in [0.1, 0.15) is 42.0 Å². The standard InChI is InChI=1S/C28H33BF4N4O2/c1-19(2)22-4-5-26(38-3)25(13-22)29-18-37(17-21-10-20(14-30)11-23(12-21)28(31,32)33)27-34-15-24(16-35-27)36-6-8-39-9-7-36/h4-5,10-13,15-16,19,29H,6-9,14,17-18H2,1-3H3. The Morgan fingerprint density at radius 3 is 2.36 bits per heavy atom. The summed E-state index contributed by atoms with van der Waals surface area (Å²) in [6.07, 6.45) is -0.721. The largest absolute Gasteiger partial charge is 0.497 e. The third-order valence-electron chi connectivity index (χ3n) is 6.81. The lowest BCUT2D eigenvalue weighted by molar-refractivity contribution is -0.137. The van der Waals surface area contributed by atoms with Crippen molar-refractivity contribution in [3.05, 3.63) is 71.0 Å². The first-order valence-corrected chi connectivity index (χ1v) is 13.0. The highest BCUT2D eigenvalue weighted by molar-refractivity contribution is 6.55. The fraction of sp³-hybridized carbons (Fsp3) is 0.429. The lowest BCUT2D eigenvalue weighted by atomic mass is 9.68. The average Bonchev–Trinajstić information content (AvgIpc) is 2.95. The summed E-state index contributed by atoms with van der Waals surface area (Å²) in [5, 5.41) is 0. The summed E-state index contributed by atoms with van der Waals surface area (Å²) in [4.78, 5) is 13.1. The zero-order valence-electron chi connectivity index (χ0n) is 22.5. The number of benzene rings is 2. The van der Waals surface area contributed by atoms with Gasteiger partial charge in [-0.15, -0.1) is 0 Å². The molecule has 0 N–H and O–H groups in total. The predicted molar refractivity (Wildman–Crippen MR) is 146 cm³/mol. The molecule has 4 rings (SSSR count). The topological polar surface area (TPSA) is 50.7 Å². The minimum Gasteiger partial charge on any atom is -0.497 e. The van der Waals surface area contributed by atoms with Crippen molar-refractivity contribution in [3.8, 4) is 5.75 Å². The van der Waals surface area contributed by atoms with Gasteiger partial charge in [-0.25, -0.2) is 14.4 Å². The van der Waals surface area contributed by atoms with E-state index in [1.54, 1.807) is 19.5 Å². The van der Waals surface area contributed by atoms with Crippen LogP contribution in [0, 0.1) is 0 Å². The van der Waals surface area contributed by atoms with Gasteiger partial charge in [0.1, 0.15) is 12.4 Å². The van der Waals surface area contributed by atoms with Crippen molar-refractivity contribution in [2.75, 3.05) is 49.7 Å². The lowest BCUT2D eigenvalue weighted by Crippen LogP contribution is -2.37. The van der Waals surface area contributed by atoms with Crippen LogP contribution in [0.15, 0.2) is 48.8 Å². The Labute approximate surface area is 227 Å². The number of aromatic nitrogens is 2. The summed E-state index contributed by atoms with van der Waals surface area (Å²) in [5.74, 6) is 1.44. The van der Waals surface area contributed by atoms with Crippen molar-refractivity contribution in [1.82, 2.24) is 9.97 Å². The number of alkyl halides is 4. The minimum absolute atomic E-state index is 0.0188. The molecule has 2 heterocycles. The Bertz CT molecular complexity index is 1240. The number of halogens is 4. The summed E-state index contributed by atoms with van der Waals surface area (Å²) >= 11 is 0. The maximum Gasteiger partial charge on any atom is 0.416 e. The van der Waals surface area contributed by atoms with Gasteiger partial charge in [0.2, 0.25) is 5.95 Å². The van der Waals surface area contributed by atoms with E-state index in [9.17, 15) is 17.6 Å². The van der Waals surface area contributed by atoms with Gasteiger partial charge in [-0.3, -0.25) is 0 Å². The molecule has 0 amide bonds. The van der Waals surface area contributed by atoms with Gasteiger partial charge in [0.05, 0.1) is 44.0 Å². The summed E-state index contributed by atoms with van der Waals surface area (Å²) < 4.78 is 65.1. The van der Waals surface area contributed by atoms with Gasteiger partial charge in [0.15, 0.2) is 7.28 Å². The molecule has 3 aromatic rings. The number of hydrogen-bond donors (Lipinski definition) is 0. The van der Waals surface area contributed by atoms with Gasteiger partial charge in [-0.05, 0) is 52.7 Å². The summed E-state index contributed by atoms with van der Waals surface area (Å²) in [5.41, 5.74) is 2.44. The van der Waals surface area contributed by atoms with Crippen molar-refractivity contribution < 1.29 is 27.0 Å². The van der Waals surface area contributed by atoms with Crippen LogP contribution < -0.4 is 20.0 Å². The number of anilines is 2. The molecule has 0 radical (unpaired) electrons. The van der Waals surface area contributed by atoms with E-state index in [1.807, 2.05) is 17.0 Å². The number of nitrogens with zero attached hydrogens (tertiary/aromatic N) is 4. The Balaban J connectivity index is 1.64. The zero-order chi connectivity index (χ0) is 28.0. The highest BCUT2D eigenvalue weighted by Gasteiger charge is 2.31. The fourth-order valence-electron chi connectivity index (χ4n) is 4.64. The van der Waals surface area contributed by atoms with Gasteiger partial charge in [-0.2, -0.15) is 13.2 Å². The summed E-state index contributed by atoms with van der Waals surface area (Å²) in [6.45, 7) is 6.02. The Morgan fingerprint density at radius 1 is 1.05 bits per heavy atom. The Hall–Kier alpha value is -3.34. The van der Waals surface area contributed by atoms with Crippen LogP contribution in [-0.4, -0.2) is 57.1 Å². The van der Waals surface area contributed by atoms with Crippen molar-refractivity contribution in [2.45, 2.75) is 39.2 Å². The molecule has 39 heavy (non-hydrogen) atoms. The fourth-order valence-corrected chi connectivity index (χ4v) is 4.64. The van der Waals surface area contributed by atoms with E-state index in [4.69, 9.17) is 9.47 Å². The van der Waals surface area contributed by atoms with Crippen molar-refractivity contribution >= 4 is 24.4 Å². The molecular weight excluding hydrogens is 511 g/mol. The number of ether oxygens (including phenoxy) is 2. The first kappa shape index (κ1) is 28.7. The molecule has 1 aliphatic rings. The van der Waals surface area contributed by atoms with Gasteiger partial charge in [0, 0.05) is 19.6 Å². The molecule has 0 spiro atoms. The molecule has 0 unspecified atom stereocenters. The van der Waals surface area contributed by atoms with E-state index in [1.165, 1.54) is 6.07 Å². The van der Waals surface area contributed by atoms with Crippen LogP contribution in [0.4, 0.5) is 29.2 Å². The van der Waals surface area contributed by atoms with E-state index < -0.39 is 18.4 Å². The molecule has 0 atom stereocenters. The van der Waals surface area contributed by atoms with E-state index in [0.29, 0.717) is 44.4 Å². The highest BCUT2D eigenvalue weighted by Crippen LogP contribution is 2.31. The summed E-state index contributed by atoms with van der Waals surface area (Å²) in [7, 11) is 2.16. The minimum atomic E-state index is -4.58. The molecule has 208 valence electrons. The Kier molecular flexibility index (Phi) is 9.32. The summed E-state index contributed by atoms with van der Waals surface area (Å²) in [6, 6.07) is 9.43. The smallest absolute Gasteiger partial charge is 0.416 e. The third kappa shape index (κ3) is 7.41. The van der Waals surface area contributed by atoms with Crippen LogP contribution in [-0.2, 0) is 24.1 Å². The second-order valence-electron chi connectivity index (χ2n) is 9.91. The maximum absolute atomic E-state index is 13.5. The normalized spacial score (nSPS) is 14.0. The van der Waals surface area contributed by atoms with E-state index in [2.05, 4.69) is 34.8 Å². The zero-order valence-corrected chi connectivity index (χ0v) is 22.5. The molecule has 1 saturated heterocycles. The molecule has 1 fully saturated rings. The van der Waals surface area contributed by atoms with Crippen LogP contribution in [0.25, 0.3) is 0 Å². The van der Waals surface area contributed by atoms with E-state index >= 15 is 0 Å². The quantitative estimate of drug-likeness (QED) is 0.274. The monoisotopic (exact) mass is 544 g/mol. The molecule has 1 aromatic heterocycles.